The van der Waals surface area contributed by atoms with E-state index in [1.807, 2.05) is 30.3 Å². The Kier molecular flexibility index (Phi) is 4.82. The average Bonchev–Trinajstić information content (AvgIpc) is 2.41. The van der Waals surface area contributed by atoms with Gasteiger partial charge in [-0.2, -0.15) is 0 Å². The van der Waals surface area contributed by atoms with Crippen LogP contribution < -0.4 is 5.32 Å². The normalized spacial score (nSPS) is 10.2. The van der Waals surface area contributed by atoms with Crippen LogP contribution in [0.15, 0.2) is 53.4 Å². The van der Waals surface area contributed by atoms with Crippen molar-refractivity contribution in [3.05, 3.63) is 59.4 Å². The van der Waals surface area contributed by atoms with E-state index in [1.54, 1.807) is 0 Å². The second-order valence-corrected chi connectivity index (χ2v) is 5.23. The van der Waals surface area contributed by atoms with Crippen LogP contribution in [0.1, 0.15) is 0 Å². The molecule has 0 aliphatic heterocycles. The number of hydrogen-bond donors (Lipinski definition) is 1. The topological polar surface area (TPSA) is 29.1 Å². The van der Waals surface area contributed by atoms with Crippen molar-refractivity contribution in [1.82, 2.24) is 0 Å². The minimum Gasteiger partial charge on any atom is -0.324 e. The maximum Gasteiger partial charge on any atom is 0.234 e. The van der Waals surface area contributed by atoms with Crippen molar-refractivity contribution in [3.63, 3.8) is 0 Å². The minimum atomic E-state index is -0.429. The van der Waals surface area contributed by atoms with Gasteiger partial charge in [0.15, 0.2) is 0 Å². The van der Waals surface area contributed by atoms with Gasteiger partial charge in [0, 0.05) is 4.90 Å². The summed E-state index contributed by atoms with van der Waals surface area (Å²) >= 11 is 7.26. The molecule has 2 aromatic rings. The van der Waals surface area contributed by atoms with Gasteiger partial charge < -0.3 is 5.32 Å². The Morgan fingerprint density at radius 2 is 1.95 bits per heavy atom. The Morgan fingerprint density at radius 3 is 2.63 bits per heavy atom. The second-order valence-electron chi connectivity index (χ2n) is 3.77. The Hall–Kier alpha value is -1.52. The fourth-order valence-electron chi connectivity index (χ4n) is 1.44. The van der Waals surface area contributed by atoms with Gasteiger partial charge in [0.1, 0.15) is 5.82 Å². The van der Waals surface area contributed by atoms with Crippen molar-refractivity contribution >= 4 is 35.0 Å². The van der Waals surface area contributed by atoms with E-state index in [1.165, 1.54) is 30.0 Å². The van der Waals surface area contributed by atoms with E-state index < -0.39 is 5.82 Å². The third-order valence-electron chi connectivity index (χ3n) is 2.32. The number of amides is 1. The van der Waals surface area contributed by atoms with Crippen LogP contribution in [0, 0.1) is 5.82 Å². The van der Waals surface area contributed by atoms with Gasteiger partial charge in [-0.1, -0.05) is 29.8 Å². The van der Waals surface area contributed by atoms with Gasteiger partial charge in [-0.15, -0.1) is 11.8 Å². The fraction of sp³-hybridized carbons (Fsp3) is 0.0714. The Bertz CT molecular complexity index is 577. The molecule has 2 aromatic carbocycles. The zero-order chi connectivity index (χ0) is 13.7. The van der Waals surface area contributed by atoms with Gasteiger partial charge in [0.25, 0.3) is 0 Å². The van der Waals surface area contributed by atoms with E-state index in [4.69, 9.17) is 11.6 Å². The van der Waals surface area contributed by atoms with Crippen LogP contribution in [0.5, 0.6) is 0 Å². The van der Waals surface area contributed by atoms with Gasteiger partial charge in [0.2, 0.25) is 5.91 Å². The fourth-order valence-corrected chi connectivity index (χ4v) is 2.38. The summed E-state index contributed by atoms with van der Waals surface area (Å²) < 4.78 is 12.9. The van der Waals surface area contributed by atoms with E-state index in [0.717, 1.165) is 4.90 Å². The largest absolute Gasteiger partial charge is 0.324 e. The lowest BCUT2D eigenvalue weighted by Crippen LogP contribution is -2.14. The van der Waals surface area contributed by atoms with E-state index in [9.17, 15) is 9.18 Å². The maximum absolute atomic E-state index is 12.9. The predicted molar refractivity (Wildman–Crippen MR) is 77.2 cm³/mol. The molecule has 0 heterocycles. The summed E-state index contributed by atoms with van der Waals surface area (Å²) in [6.45, 7) is 0. The molecule has 0 bridgehead atoms. The predicted octanol–water partition coefficient (Wildman–Crippen LogP) is 4.21. The van der Waals surface area contributed by atoms with E-state index >= 15 is 0 Å². The first-order chi connectivity index (χ1) is 9.15. The highest BCUT2D eigenvalue weighted by Crippen LogP contribution is 2.23. The Labute approximate surface area is 120 Å². The van der Waals surface area contributed by atoms with Gasteiger partial charge in [0.05, 0.1) is 16.5 Å². The smallest absolute Gasteiger partial charge is 0.234 e. The lowest BCUT2D eigenvalue weighted by molar-refractivity contribution is -0.113. The van der Waals surface area contributed by atoms with Gasteiger partial charge in [-0.25, -0.2) is 4.39 Å². The highest BCUT2D eigenvalue weighted by atomic mass is 35.5. The van der Waals surface area contributed by atoms with Crippen molar-refractivity contribution in [2.75, 3.05) is 11.1 Å². The van der Waals surface area contributed by atoms with Crippen LogP contribution in [0.4, 0.5) is 10.1 Å². The standard InChI is InChI=1S/C14H11ClFNOS/c15-12-8-10(16)6-7-13(12)17-14(18)9-19-11-4-2-1-3-5-11/h1-8H,9H2,(H,17,18). The molecule has 19 heavy (non-hydrogen) atoms. The monoisotopic (exact) mass is 295 g/mol. The SMILES string of the molecule is O=C(CSc1ccccc1)Nc1ccc(F)cc1Cl. The molecule has 0 aliphatic carbocycles. The molecule has 0 fully saturated rings. The zero-order valence-electron chi connectivity index (χ0n) is 9.90. The van der Waals surface area contributed by atoms with E-state index in [2.05, 4.69) is 5.32 Å². The molecule has 2 nitrogen and oxygen atoms in total. The molecule has 0 spiro atoms. The number of hydrogen-bond acceptors (Lipinski definition) is 2. The molecule has 98 valence electrons. The summed E-state index contributed by atoms with van der Waals surface area (Å²) in [5, 5.41) is 2.84. The number of carbonyl (C=O) groups excluding carboxylic acids is 1. The molecule has 5 heteroatoms. The van der Waals surface area contributed by atoms with Crippen LogP contribution in [0.2, 0.25) is 5.02 Å². The molecule has 0 aromatic heterocycles. The summed E-state index contributed by atoms with van der Waals surface area (Å²) in [4.78, 5) is 12.8. The molecule has 2 rings (SSSR count). The van der Waals surface area contributed by atoms with Crippen molar-refractivity contribution in [1.29, 1.82) is 0 Å². The molecule has 0 aliphatic rings. The third-order valence-corrected chi connectivity index (χ3v) is 3.64. The molecule has 0 unspecified atom stereocenters. The Morgan fingerprint density at radius 1 is 1.21 bits per heavy atom. The molecule has 1 amide bonds. The Balaban J connectivity index is 1.91. The lowest BCUT2D eigenvalue weighted by Gasteiger charge is -2.07. The number of nitrogens with one attached hydrogen (secondary N) is 1. The van der Waals surface area contributed by atoms with Gasteiger partial charge in [-0.3, -0.25) is 4.79 Å². The quantitative estimate of drug-likeness (QED) is 0.856. The van der Waals surface area contributed by atoms with E-state index in [-0.39, 0.29) is 16.7 Å². The summed E-state index contributed by atoms with van der Waals surface area (Å²) in [7, 11) is 0. The van der Waals surface area contributed by atoms with Crippen molar-refractivity contribution < 1.29 is 9.18 Å². The molecule has 0 saturated heterocycles. The van der Waals surface area contributed by atoms with Crippen molar-refractivity contribution in [2.24, 2.45) is 0 Å². The molecule has 0 saturated carbocycles. The van der Waals surface area contributed by atoms with Gasteiger partial charge in [-0.05, 0) is 30.3 Å². The number of halogens is 2. The van der Waals surface area contributed by atoms with Gasteiger partial charge >= 0.3 is 0 Å². The molecule has 1 N–H and O–H groups in total. The van der Waals surface area contributed by atoms with Crippen LogP contribution in [0.3, 0.4) is 0 Å². The van der Waals surface area contributed by atoms with E-state index in [0.29, 0.717) is 5.69 Å². The second kappa shape index (κ2) is 6.59. The average molecular weight is 296 g/mol. The molecular formula is C14H11ClFNOS. The van der Waals surface area contributed by atoms with Crippen LogP contribution in [-0.2, 0) is 4.79 Å². The minimum absolute atomic E-state index is 0.178. The molecule has 0 radical (unpaired) electrons. The van der Waals surface area contributed by atoms with Crippen molar-refractivity contribution in [2.45, 2.75) is 4.90 Å². The number of carbonyl (C=O) groups is 1. The number of thioether (sulfide) groups is 1. The molecule has 0 atom stereocenters. The number of benzene rings is 2. The summed E-state index contributed by atoms with van der Waals surface area (Å²) in [5.41, 5.74) is 0.418. The zero-order valence-corrected chi connectivity index (χ0v) is 11.5. The number of rotatable bonds is 4. The first-order valence-corrected chi connectivity index (χ1v) is 6.94. The third kappa shape index (κ3) is 4.26. The number of anilines is 1. The maximum atomic E-state index is 12.9. The first-order valence-electron chi connectivity index (χ1n) is 5.58. The molecular weight excluding hydrogens is 285 g/mol. The summed E-state index contributed by atoms with van der Waals surface area (Å²) in [6, 6.07) is 13.5. The first kappa shape index (κ1) is 13.9. The summed E-state index contributed by atoms with van der Waals surface area (Å²) in [5.74, 6) is -0.332. The van der Waals surface area contributed by atoms with Crippen molar-refractivity contribution in [3.8, 4) is 0 Å². The van der Waals surface area contributed by atoms with Crippen LogP contribution in [0.25, 0.3) is 0 Å². The lowest BCUT2D eigenvalue weighted by atomic mass is 10.3. The highest BCUT2D eigenvalue weighted by molar-refractivity contribution is 8.00. The van der Waals surface area contributed by atoms with Crippen LogP contribution >= 0.6 is 23.4 Å². The summed E-state index contributed by atoms with van der Waals surface area (Å²) in [6.07, 6.45) is 0. The highest BCUT2D eigenvalue weighted by Gasteiger charge is 2.07. The van der Waals surface area contributed by atoms with Crippen LogP contribution in [-0.4, -0.2) is 11.7 Å².